The molecule has 3 aliphatic rings. The smallest absolute Gasteiger partial charge is 0.200 e. The van der Waals surface area contributed by atoms with Gasteiger partial charge in [0.15, 0.2) is 18.3 Å². The second-order valence-electron chi connectivity index (χ2n) is 4.40. The van der Waals surface area contributed by atoms with E-state index in [9.17, 15) is 0 Å². The van der Waals surface area contributed by atoms with Gasteiger partial charge in [-0.05, 0) is 23.3 Å². The standard InChI is InChI=1S/C8H11N5O2/c1-13-5(10-11-12-13)4-8(2-3-8)9-6-7(14-4)15-6/h4,6-7,9H,2-3H2,1H3/t4-,6?,7?/m1/s1. The van der Waals surface area contributed by atoms with Gasteiger partial charge in [-0.3, -0.25) is 5.32 Å². The largest absolute Gasteiger partial charge is 0.335 e. The van der Waals surface area contributed by atoms with Crippen molar-refractivity contribution in [1.29, 1.82) is 0 Å². The summed E-state index contributed by atoms with van der Waals surface area (Å²) < 4.78 is 12.8. The van der Waals surface area contributed by atoms with E-state index in [-0.39, 0.29) is 24.2 Å². The minimum Gasteiger partial charge on any atom is -0.335 e. The Labute approximate surface area is 85.7 Å². The fourth-order valence-electron chi connectivity index (χ4n) is 2.24. The first-order valence-electron chi connectivity index (χ1n) is 5.09. The number of hydrogen-bond acceptors (Lipinski definition) is 6. The van der Waals surface area contributed by atoms with Gasteiger partial charge in [0.25, 0.3) is 0 Å². The number of nitrogens with one attached hydrogen (secondary N) is 1. The van der Waals surface area contributed by atoms with Crippen LogP contribution in [0.4, 0.5) is 0 Å². The Morgan fingerprint density at radius 2 is 2.33 bits per heavy atom. The van der Waals surface area contributed by atoms with Crippen LogP contribution in [0.2, 0.25) is 0 Å². The molecule has 4 rings (SSSR count). The molecule has 7 heteroatoms. The molecule has 1 saturated carbocycles. The van der Waals surface area contributed by atoms with Crippen LogP contribution in [0.1, 0.15) is 24.8 Å². The van der Waals surface area contributed by atoms with E-state index in [1.165, 1.54) is 0 Å². The first-order chi connectivity index (χ1) is 7.28. The van der Waals surface area contributed by atoms with E-state index in [1.807, 2.05) is 7.05 Å². The number of rotatable bonds is 1. The fourth-order valence-corrected chi connectivity index (χ4v) is 2.24. The van der Waals surface area contributed by atoms with Gasteiger partial charge in [0, 0.05) is 7.05 Å². The molecule has 1 aliphatic carbocycles. The predicted octanol–water partition coefficient (Wildman–Crippen LogP) is -0.914. The number of morpholine rings is 1. The average Bonchev–Trinajstić information content (AvgIpc) is 3.11. The summed E-state index contributed by atoms with van der Waals surface area (Å²) in [5, 5.41) is 14.9. The maximum Gasteiger partial charge on any atom is 0.200 e. The monoisotopic (exact) mass is 209 g/mol. The van der Waals surface area contributed by atoms with Gasteiger partial charge in [-0.1, -0.05) is 0 Å². The Morgan fingerprint density at radius 1 is 1.47 bits per heavy atom. The van der Waals surface area contributed by atoms with Gasteiger partial charge in [0.05, 0.1) is 5.54 Å². The average molecular weight is 209 g/mol. The molecule has 2 saturated heterocycles. The zero-order chi connectivity index (χ0) is 10.0. The van der Waals surface area contributed by atoms with Gasteiger partial charge in [0.1, 0.15) is 6.10 Å². The summed E-state index contributed by atoms with van der Waals surface area (Å²) in [5.74, 6) is 0.772. The molecule has 3 heterocycles. The lowest BCUT2D eigenvalue weighted by molar-refractivity contribution is -0.0538. The third-order valence-electron chi connectivity index (χ3n) is 3.33. The van der Waals surface area contributed by atoms with Crippen LogP contribution in [-0.2, 0) is 16.5 Å². The quantitative estimate of drug-likeness (QED) is 0.603. The fraction of sp³-hybridized carbons (Fsp3) is 0.875. The molecule has 0 bridgehead atoms. The van der Waals surface area contributed by atoms with Gasteiger partial charge in [-0.25, -0.2) is 4.68 Å². The van der Waals surface area contributed by atoms with Crippen LogP contribution in [0, 0.1) is 0 Å². The van der Waals surface area contributed by atoms with E-state index in [4.69, 9.17) is 9.47 Å². The van der Waals surface area contributed by atoms with Gasteiger partial charge >= 0.3 is 0 Å². The molecular weight excluding hydrogens is 198 g/mol. The molecule has 15 heavy (non-hydrogen) atoms. The van der Waals surface area contributed by atoms with Crippen LogP contribution >= 0.6 is 0 Å². The molecule has 1 aromatic heterocycles. The minimum atomic E-state index is -0.113. The molecule has 2 unspecified atom stereocenters. The van der Waals surface area contributed by atoms with E-state index in [0.29, 0.717) is 0 Å². The van der Waals surface area contributed by atoms with Crippen molar-refractivity contribution in [2.24, 2.45) is 7.05 Å². The summed E-state index contributed by atoms with van der Waals surface area (Å²) in [6.07, 6.45) is 2.08. The Bertz CT molecular complexity index is 415. The van der Waals surface area contributed by atoms with Crippen molar-refractivity contribution in [3.63, 3.8) is 0 Å². The van der Waals surface area contributed by atoms with Crippen molar-refractivity contribution in [1.82, 2.24) is 25.5 Å². The highest BCUT2D eigenvalue weighted by Crippen LogP contribution is 2.53. The zero-order valence-corrected chi connectivity index (χ0v) is 8.25. The number of aromatic nitrogens is 4. The number of aryl methyl sites for hydroxylation is 1. The van der Waals surface area contributed by atoms with Crippen LogP contribution in [0.25, 0.3) is 0 Å². The molecule has 0 aromatic carbocycles. The van der Waals surface area contributed by atoms with Crippen molar-refractivity contribution < 1.29 is 9.47 Å². The maximum absolute atomic E-state index is 5.82. The molecule has 1 aromatic rings. The highest BCUT2D eigenvalue weighted by Gasteiger charge is 2.63. The number of tetrazole rings is 1. The topological polar surface area (TPSA) is 77.4 Å². The SMILES string of the molecule is Cn1nnnc1[C@H]1OC2OC2NC12CC2. The van der Waals surface area contributed by atoms with Crippen LogP contribution < -0.4 is 5.32 Å². The number of fused-ring (bicyclic) bond motifs is 1. The summed E-state index contributed by atoms with van der Waals surface area (Å²) in [6.45, 7) is 0. The second-order valence-corrected chi connectivity index (χ2v) is 4.40. The molecule has 3 atom stereocenters. The van der Waals surface area contributed by atoms with E-state index in [2.05, 4.69) is 20.8 Å². The van der Waals surface area contributed by atoms with E-state index >= 15 is 0 Å². The van der Waals surface area contributed by atoms with Crippen molar-refractivity contribution in [2.45, 2.75) is 37.0 Å². The van der Waals surface area contributed by atoms with Gasteiger partial charge in [0.2, 0.25) is 0 Å². The number of ether oxygens (including phenoxy) is 2. The third kappa shape index (κ3) is 1.02. The number of nitrogens with zero attached hydrogens (tertiary/aromatic N) is 4. The minimum absolute atomic E-state index is 0.0140. The molecule has 80 valence electrons. The molecule has 3 fully saturated rings. The van der Waals surface area contributed by atoms with Crippen molar-refractivity contribution in [2.75, 3.05) is 0 Å². The van der Waals surface area contributed by atoms with E-state index < -0.39 is 0 Å². The highest BCUT2D eigenvalue weighted by molar-refractivity contribution is 5.17. The normalized spacial score (nSPS) is 40.2. The predicted molar refractivity (Wildman–Crippen MR) is 46.4 cm³/mol. The number of hydrogen-bond donors (Lipinski definition) is 1. The van der Waals surface area contributed by atoms with Crippen molar-refractivity contribution in [3.05, 3.63) is 5.82 Å². The summed E-state index contributed by atoms with van der Waals surface area (Å²) in [6, 6.07) is 0. The summed E-state index contributed by atoms with van der Waals surface area (Å²) in [5.41, 5.74) is 0.0140. The Kier molecular flexibility index (Phi) is 1.29. The number of epoxide rings is 1. The van der Waals surface area contributed by atoms with Gasteiger partial charge < -0.3 is 9.47 Å². The molecular formula is C8H11N5O2. The van der Waals surface area contributed by atoms with Crippen LogP contribution in [0.3, 0.4) is 0 Å². The first-order valence-corrected chi connectivity index (χ1v) is 5.09. The lowest BCUT2D eigenvalue weighted by Crippen LogP contribution is -2.46. The molecule has 1 spiro atoms. The lowest BCUT2D eigenvalue weighted by Gasteiger charge is -2.28. The van der Waals surface area contributed by atoms with Crippen LogP contribution in [0.5, 0.6) is 0 Å². The lowest BCUT2D eigenvalue weighted by atomic mass is 10.1. The summed E-state index contributed by atoms with van der Waals surface area (Å²) in [4.78, 5) is 0. The first kappa shape index (κ1) is 8.14. The van der Waals surface area contributed by atoms with E-state index in [1.54, 1.807) is 4.68 Å². The molecule has 7 nitrogen and oxygen atoms in total. The van der Waals surface area contributed by atoms with Crippen LogP contribution in [0.15, 0.2) is 0 Å². The Balaban J connectivity index is 1.72. The Hall–Kier alpha value is -1.05. The summed E-state index contributed by atoms with van der Waals surface area (Å²) in [7, 11) is 1.83. The van der Waals surface area contributed by atoms with Crippen LogP contribution in [-0.4, -0.2) is 38.3 Å². The molecule has 0 radical (unpaired) electrons. The third-order valence-corrected chi connectivity index (χ3v) is 3.33. The van der Waals surface area contributed by atoms with Crippen molar-refractivity contribution in [3.8, 4) is 0 Å². The molecule has 1 N–H and O–H groups in total. The highest BCUT2D eigenvalue weighted by atomic mass is 16.8. The van der Waals surface area contributed by atoms with Gasteiger partial charge in [-0.2, -0.15) is 0 Å². The van der Waals surface area contributed by atoms with Crippen molar-refractivity contribution >= 4 is 0 Å². The molecule has 2 aliphatic heterocycles. The maximum atomic E-state index is 5.82. The van der Waals surface area contributed by atoms with Gasteiger partial charge in [-0.15, -0.1) is 5.10 Å². The second kappa shape index (κ2) is 2.37. The summed E-state index contributed by atoms with van der Waals surface area (Å²) >= 11 is 0. The molecule has 0 amide bonds. The van der Waals surface area contributed by atoms with E-state index in [0.717, 1.165) is 18.7 Å². The zero-order valence-electron chi connectivity index (χ0n) is 8.25. The Morgan fingerprint density at radius 3 is 3.00 bits per heavy atom.